The highest BCUT2D eigenvalue weighted by Crippen LogP contribution is 2.36. The van der Waals surface area contributed by atoms with Crippen molar-refractivity contribution >= 4 is 11.6 Å². The lowest BCUT2D eigenvalue weighted by molar-refractivity contribution is 0.148. The molecule has 0 spiro atoms. The third-order valence-corrected chi connectivity index (χ3v) is 2.58. The van der Waals surface area contributed by atoms with E-state index in [0.717, 1.165) is 6.07 Å². The first-order chi connectivity index (χ1) is 6.86. The SMILES string of the molecule is Cc1c(F)cc(Cl)c(O)c1C(O)C(C)N. The standard InChI is InChI=1S/C10H13ClFNO2/c1-4-7(12)3-6(11)10(15)8(4)9(14)5(2)13/h3,5,9,14-15H,13H2,1-2H3. The topological polar surface area (TPSA) is 66.5 Å². The third kappa shape index (κ3) is 2.22. The minimum absolute atomic E-state index is 0.0509. The van der Waals surface area contributed by atoms with Crippen molar-refractivity contribution in [2.45, 2.75) is 26.0 Å². The Labute approximate surface area is 92.3 Å². The van der Waals surface area contributed by atoms with E-state index in [1.807, 2.05) is 0 Å². The van der Waals surface area contributed by atoms with E-state index in [4.69, 9.17) is 17.3 Å². The van der Waals surface area contributed by atoms with Crippen molar-refractivity contribution in [1.82, 2.24) is 0 Å². The molecule has 0 saturated heterocycles. The van der Waals surface area contributed by atoms with Crippen LogP contribution in [0.1, 0.15) is 24.2 Å². The molecule has 0 bridgehead atoms. The quantitative estimate of drug-likeness (QED) is 0.731. The number of nitrogens with two attached hydrogens (primary N) is 1. The number of hydrogen-bond acceptors (Lipinski definition) is 3. The van der Waals surface area contributed by atoms with E-state index < -0.39 is 18.0 Å². The number of aliphatic hydroxyl groups is 1. The van der Waals surface area contributed by atoms with E-state index in [1.165, 1.54) is 6.92 Å². The van der Waals surface area contributed by atoms with Crippen LogP contribution < -0.4 is 5.73 Å². The van der Waals surface area contributed by atoms with Gasteiger partial charge in [-0.3, -0.25) is 0 Å². The van der Waals surface area contributed by atoms with Gasteiger partial charge in [-0.1, -0.05) is 11.6 Å². The average molecular weight is 234 g/mol. The minimum atomic E-state index is -1.14. The molecule has 4 N–H and O–H groups in total. The van der Waals surface area contributed by atoms with E-state index in [1.54, 1.807) is 6.92 Å². The molecule has 0 aromatic heterocycles. The summed E-state index contributed by atoms with van der Waals surface area (Å²) < 4.78 is 13.3. The van der Waals surface area contributed by atoms with Crippen molar-refractivity contribution in [3.05, 3.63) is 28.0 Å². The molecular formula is C10H13ClFNO2. The van der Waals surface area contributed by atoms with Gasteiger partial charge < -0.3 is 15.9 Å². The van der Waals surface area contributed by atoms with Crippen molar-refractivity contribution in [2.24, 2.45) is 5.73 Å². The van der Waals surface area contributed by atoms with Gasteiger partial charge in [-0.15, -0.1) is 0 Å². The summed E-state index contributed by atoms with van der Waals surface area (Å²) in [7, 11) is 0. The molecule has 1 rings (SSSR count). The molecule has 0 aliphatic heterocycles. The summed E-state index contributed by atoms with van der Waals surface area (Å²) in [5, 5.41) is 19.2. The largest absolute Gasteiger partial charge is 0.506 e. The molecule has 0 aliphatic rings. The molecule has 84 valence electrons. The highest BCUT2D eigenvalue weighted by atomic mass is 35.5. The van der Waals surface area contributed by atoms with Crippen molar-refractivity contribution in [1.29, 1.82) is 0 Å². The Morgan fingerprint density at radius 3 is 2.53 bits per heavy atom. The summed E-state index contributed by atoms with van der Waals surface area (Å²) >= 11 is 5.60. The van der Waals surface area contributed by atoms with Crippen molar-refractivity contribution in [3.8, 4) is 5.75 Å². The van der Waals surface area contributed by atoms with Gasteiger partial charge in [0.2, 0.25) is 0 Å². The van der Waals surface area contributed by atoms with Gasteiger partial charge in [-0.05, 0) is 25.5 Å². The van der Waals surface area contributed by atoms with Gasteiger partial charge in [0.25, 0.3) is 0 Å². The van der Waals surface area contributed by atoms with Crippen LogP contribution in [0.5, 0.6) is 5.75 Å². The molecule has 5 heteroatoms. The van der Waals surface area contributed by atoms with Crippen LogP contribution in [0.15, 0.2) is 6.07 Å². The Kier molecular flexibility index (Phi) is 3.54. The van der Waals surface area contributed by atoms with Crippen LogP contribution in [0.3, 0.4) is 0 Å². The lowest BCUT2D eigenvalue weighted by Crippen LogP contribution is -2.25. The summed E-state index contributed by atoms with van der Waals surface area (Å²) in [5.41, 5.74) is 5.68. The Morgan fingerprint density at radius 1 is 1.53 bits per heavy atom. The molecule has 3 nitrogen and oxygen atoms in total. The van der Waals surface area contributed by atoms with Gasteiger partial charge in [-0.25, -0.2) is 4.39 Å². The van der Waals surface area contributed by atoms with Crippen molar-refractivity contribution in [2.75, 3.05) is 0 Å². The molecule has 2 unspecified atom stereocenters. The Bertz CT molecular complexity index is 356. The van der Waals surface area contributed by atoms with E-state index >= 15 is 0 Å². The van der Waals surface area contributed by atoms with E-state index in [9.17, 15) is 14.6 Å². The van der Waals surface area contributed by atoms with Gasteiger partial charge in [-0.2, -0.15) is 0 Å². The summed E-state index contributed by atoms with van der Waals surface area (Å²) in [6.45, 7) is 3.01. The molecule has 1 aromatic carbocycles. The molecule has 2 atom stereocenters. The number of halogens is 2. The Balaban J connectivity index is 3.39. The zero-order valence-corrected chi connectivity index (χ0v) is 9.22. The molecule has 0 fully saturated rings. The monoisotopic (exact) mass is 233 g/mol. The van der Waals surface area contributed by atoms with Crippen molar-refractivity contribution < 1.29 is 14.6 Å². The van der Waals surface area contributed by atoms with Crippen LogP contribution in [0.4, 0.5) is 4.39 Å². The van der Waals surface area contributed by atoms with Crippen LogP contribution in [-0.2, 0) is 0 Å². The highest BCUT2D eigenvalue weighted by molar-refractivity contribution is 6.32. The summed E-state index contributed by atoms with van der Waals surface area (Å²) in [5.74, 6) is -0.895. The molecule has 0 amide bonds. The molecule has 1 aromatic rings. The molecule has 0 heterocycles. The van der Waals surface area contributed by atoms with Crippen molar-refractivity contribution in [3.63, 3.8) is 0 Å². The number of aromatic hydroxyl groups is 1. The van der Waals surface area contributed by atoms with E-state index in [-0.39, 0.29) is 21.9 Å². The van der Waals surface area contributed by atoms with Gasteiger partial charge in [0.15, 0.2) is 0 Å². The summed E-state index contributed by atoms with van der Waals surface area (Å²) in [6, 6.07) is 0.386. The fourth-order valence-corrected chi connectivity index (χ4v) is 1.55. The van der Waals surface area contributed by atoms with Gasteiger partial charge in [0, 0.05) is 11.6 Å². The predicted octanol–water partition coefficient (Wildman–Crippen LogP) is 1.87. The molecule has 0 aliphatic carbocycles. The average Bonchev–Trinajstić information content (AvgIpc) is 2.15. The summed E-state index contributed by atoms with van der Waals surface area (Å²) in [4.78, 5) is 0. The van der Waals surface area contributed by atoms with Gasteiger partial charge in [0.1, 0.15) is 11.6 Å². The number of phenolic OH excluding ortho intramolecular Hbond substituents is 1. The number of benzene rings is 1. The first-order valence-electron chi connectivity index (χ1n) is 4.47. The third-order valence-electron chi connectivity index (χ3n) is 2.29. The smallest absolute Gasteiger partial charge is 0.140 e. The fourth-order valence-electron chi connectivity index (χ4n) is 1.35. The summed E-state index contributed by atoms with van der Waals surface area (Å²) in [6.07, 6.45) is -1.14. The maximum atomic E-state index is 13.3. The van der Waals surface area contributed by atoms with Crippen LogP contribution >= 0.6 is 11.6 Å². The van der Waals surface area contributed by atoms with E-state index in [0.29, 0.717) is 0 Å². The van der Waals surface area contributed by atoms with E-state index in [2.05, 4.69) is 0 Å². The van der Waals surface area contributed by atoms with Crippen LogP contribution in [-0.4, -0.2) is 16.3 Å². The van der Waals surface area contributed by atoms with Crippen LogP contribution in [0, 0.1) is 12.7 Å². The lowest BCUT2D eigenvalue weighted by atomic mass is 9.97. The number of hydrogen-bond donors (Lipinski definition) is 3. The zero-order valence-electron chi connectivity index (χ0n) is 8.46. The molecular weight excluding hydrogens is 221 g/mol. The maximum absolute atomic E-state index is 13.3. The number of phenols is 1. The van der Waals surface area contributed by atoms with Crippen LogP contribution in [0.2, 0.25) is 5.02 Å². The van der Waals surface area contributed by atoms with Gasteiger partial charge >= 0.3 is 0 Å². The first kappa shape index (κ1) is 12.2. The lowest BCUT2D eigenvalue weighted by Gasteiger charge is -2.19. The predicted molar refractivity (Wildman–Crippen MR) is 56.4 cm³/mol. The Morgan fingerprint density at radius 2 is 2.07 bits per heavy atom. The highest BCUT2D eigenvalue weighted by Gasteiger charge is 2.23. The molecule has 15 heavy (non-hydrogen) atoms. The molecule has 0 saturated carbocycles. The molecule has 0 radical (unpaired) electrons. The van der Waals surface area contributed by atoms with Crippen LogP contribution in [0.25, 0.3) is 0 Å². The first-order valence-corrected chi connectivity index (χ1v) is 4.85. The Hall–Kier alpha value is -0.840. The second-order valence-electron chi connectivity index (χ2n) is 3.53. The second kappa shape index (κ2) is 4.35. The normalized spacial score (nSPS) is 15.1. The number of aliphatic hydroxyl groups excluding tert-OH is 1. The minimum Gasteiger partial charge on any atom is -0.506 e. The maximum Gasteiger partial charge on any atom is 0.140 e. The zero-order chi connectivity index (χ0) is 11.7. The number of rotatable bonds is 2. The fraction of sp³-hybridized carbons (Fsp3) is 0.400. The second-order valence-corrected chi connectivity index (χ2v) is 3.94. The van der Waals surface area contributed by atoms with Gasteiger partial charge in [0.05, 0.1) is 11.1 Å².